The Hall–Kier alpha value is -0.900. The van der Waals surface area contributed by atoms with Gasteiger partial charge in [0.25, 0.3) is 0 Å². The predicted octanol–water partition coefficient (Wildman–Crippen LogP) is 4.07. The van der Waals surface area contributed by atoms with E-state index in [1.165, 1.54) is 37.7 Å². The SMILES string of the molecule is CCNC(=NCC1(NC(C)c2ccccc2)CCOCC1)NC1CC2CCCC(C1)N2C.I. The number of benzene rings is 1. The molecule has 3 unspecified atom stereocenters. The van der Waals surface area contributed by atoms with Crippen LogP contribution in [0, 0.1) is 0 Å². The minimum atomic E-state index is -0.0286. The summed E-state index contributed by atoms with van der Waals surface area (Å²) in [5.74, 6) is 0.972. The number of ether oxygens (including phenoxy) is 1. The predicted molar refractivity (Wildman–Crippen MR) is 148 cm³/mol. The molecule has 7 heteroatoms. The molecule has 3 aliphatic rings. The molecule has 3 heterocycles. The lowest BCUT2D eigenvalue weighted by Crippen LogP contribution is -2.57. The summed E-state index contributed by atoms with van der Waals surface area (Å²) in [5.41, 5.74) is 1.30. The van der Waals surface area contributed by atoms with Gasteiger partial charge in [-0.1, -0.05) is 36.8 Å². The maximum Gasteiger partial charge on any atom is 0.191 e. The molecule has 6 nitrogen and oxygen atoms in total. The summed E-state index contributed by atoms with van der Waals surface area (Å²) >= 11 is 0. The number of fused-ring (bicyclic) bond motifs is 2. The van der Waals surface area contributed by atoms with Gasteiger partial charge >= 0.3 is 0 Å². The Bertz CT molecular complexity index is 725. The molecule has 3 aliphatic heterocycles. The van der Waals surface area contributed by atoms with Gasteiger partial charge in [-0.15, -0.1) is 24.0 Å². The summed E-state index contributed by atoms with van der Waals surface area (Å²) in [4.78, 5) is 7.75. The van der Waals surface area contributed by atoms with Crippen LogP contribution in [0.4, 0.5) is 0 Å². The monoisotopic (exact) mass is 569 g/mol. The van der Waals surface area contributed by atoms with Gasteiger partial charge in [0.15, 0.2) is 5.96 Å². The van der Waals surface area contributed by atoms with Crippen molar-refractivity contribution in [2.45, 2.75) is 88.5 Å². The molecular formula is C26H44IN5O. The summed E-state index contributed by atoms with van der Waals surface area (Å²) < 4.78 is 5.72. The maximum atomic E-state index is 5.72. The van der Waals surface area contributed by atoms with Gasteiger partial charge in [-0.3, -0.25) is 4.99 Å². The average Bonchev–Trinajstić information content (AvgIpc) is 2.79. The van der Waals surface area contributed by atoms with E-state index >= 15 is 0 Å². The van der Waals surface area contributed by atoms with Gasteiger partial charge in [0.1, 0.15) is 0 Å². The fraction of sp³-hybridized carbons (Fsp3) is 0.731. The van der Waals surface area contributed by atoms with Crippen molar-refractivity contribution in [3.63, 3.8) is 0 Å². The minimum Gasteiger partial charge on any atom is -0.381 e. The lowest BCUT2D eigenvalue weighted by molar-refractivity contribution is 0.0373. The number of nitrogens with zero attached hydrogens (tertiary/aromatic N) is 2. The van der Waals surface area contributed by atoms with Crippen molar-refractivity contribution in [1.29, 1.82) is 0 Å². The fourth-order valence-electron chi connectivity index (χ4n) is 5.87. The van der Waals surface area contributed by atoms with Crippen LogP contribution in [0.5, 0.6) is 0 Å². The number of hydrogen-bond donors (Lipinski definition) is 3. The first-order chi connectivity index (χ1) is 15.6. The van der Waals surface area contributed by atoms with Crippen LogP contribution in [-0.2, 0) is 4.74 Å². The second-order valence-corrected chi connectivity index (χ2v) is 10.1. The van der Waals surface area contributed by atoms with E-state index in [-0.39, 0.29) is 35.6 Å². The summed E-state index contributed by atoms with van der Waals surface area (Å²) in [6.45, 7) is 7.66. The molecule has 4 rings (SSSR count). The molecule has 0 aliphatic carbocycles. The number of hydrogen-bond acceptors (Lipinski definition) is 4. The highest BCUT2D eigenvalue weighted by atomic mass is 127. The number of nitrogens with one attached hydrogen (secondary N) is 3. The normalized spacial score (nSPS) is 28.5. The Kier molecular flexibility index (Phi) is 10.3. The number of piperidine rings is 2. The lowest BCUT2D eigenvalue weighted by Gasteiger charge is -2.47. The zero-order valence-corrected chi connectivity index (χ0v) is 23.0. The molecule has 3 saturated heterocycles. The molecular weight excluding hydrogens is 525 g/mol. The second-order valence-electron chi connectivity index (χ2n) is 10.1. The van der Waals surface area contributed by atoms with Gasteiger partial charge < -0.3 is 25.6 Å². The summed E-state index contributed by atoms with van der Waals surface area (Å²) in [6.07, 6.45) is 8.49. The highest BCUT2D eigenvalue weighted by Crippen LogP contribution is 2.32. The van der Waals surface area contributed by atoms with E-state index in [2.05, 4.69) is 72.1 Å². The van der Waals surface area contributed by atoms with Gasteiger partial charge in [0.05, 0.1) is 6.54 Å². The van der Waals surface area contributed by atoms with Gasteiger partial charge in [0.2, 0.25) is 0 Å². The topological polar surface area (TPSA) is 60.9 Å². The van der Waals surface area contributed by atoms with Crippen molar-refractivity contribution in [3.8, 4) is 0 Å². The van der Waals surface area contributed by atoms with E-state index in [0.717, 1.165) is 57.2 Å². The van der Waals surface area contributed by atoms with E-state index in [9.17, 15) is 0 Å². The smallest absolute Gasteiger partial charge is 0.191 e. The molecule has 186 valence electrons. The molecule has 3 atom stereocenters. The third-order valence-electron chi connectivity index (χ3n) is 7.84. The Morgan fingerprint density at radius 1 is 1.15 bits per heavy atom. The van der Waals surface area contributed by atoms with E-state index in [1.807, 2.05) is 0 Å². The summed E-state index contributed by atoms with van der Waals surface area (Å²) in [6, 6.07) is 13.0. The third kappa shape index (κ3) is 7.05. The van der Waals surface area contributed by atoms with Crippen LogP contribution >= 0.6 is 24.0 Å². The van der Waals surface area contributed by atoms with Crippen molar-refractivity contribution in [2.75, 3.05) is 33.4 Å². The minimum absolute atomic E-state index is 0. The van der Waals surface area contributed by atoms with Crippen molar-refractivity contribution in [1.82, 2.24) is 20.9 Å². The second kappa shape index (κ2) is 12.7. The number of halogens is 1. The molecule has 0 saturated carbocycles. The van der Waals surface area contributed by atoms with Crippen LogP contribution in [0.3, 0.4) is 0 Å². The number of guanidine groups is 1. The van der Waals surface area contributed by atoms with Gasteiger partial charge in [-0.05, 0) is 65.0 Å². The lowest BCUT2D eigenvalue weighted by atomic mass is 9.82. The van der Waals surface area contributed by atoms with Crippen LogP contribution < -0.4 is 16.0 Å². The Balaban J connectivity index is 0.00000306. The molecule has 33 heavy (non-hydrogen) atoms. The molecule has 2 bridgehead atoms. The first-order valence-electron chi connectivity index (χ1n) is 12.8. The Labute approximate surface area is 217 Å². The summed E-state index contributed by atoms with van der Waals surface area (Å²) in [7, 11) is 2.32. The molecule has 0 amide bonds. The van der Waals surface area contributed by atoms with Gasteiger partial charge in [-0.2, -0.15) is 0 Å². The zero-order valence-electron chi connectivity index (χ0n) is 20.7. The van der Waals surface area contributed by atoms with Crippen LogP contribution in [-0.4, -0.2) is 67.9 Å². The largest absolute Gasteiger partial charge is 0.381 e. The van der Waals surface area contributed by atoms with E-state index < -0.39 is 0 Å². The molecule has 0 spiro atoms. The van der Waals surface area contributed by atoms with E-state index in [1.54, 1.807) is 0 Å². The average molecular weight is 570 g/mol. The molecule has 3 fully saturated rings. The Morgan fingerprint density at radius 2 is 1.82 bits per heavy atom. The highest BCUT2D eigenvalue weighted by Gasteiger charge is 2.37. The molecule has 1 aromatic carbocycles. The molecule has 3 N–H and O–H groups in total. The van der Waals surface area contributed by atoms with Crippen molar-refractivity contribution in [2.24, 2.45) is 4.99 Å². The standard InChI is InChI=1S/C26H43N5O.HI/c1-4-27-25(29-22-17-23-11-8-12-24(18-22)31(23)3)28-19-26(13-15-32-16-14-26)30-20(2)21-9-6-5-7-10-21;/h5-7,9-10,20,22-24,30H,4,8,11-19H2,1-3H3,(H2,27,28,29);1H. The molecule has 0 aromatic heterocycles. The number of rotatable bonds is 7. The van der Waals surface area contributed by atoms with Crippen molar-refractivity contribution >= 4 is 29.9 Å². The fourth-order valence-corrected chi connectivity index (χ4v) is 5.87. The van der Waals surface area contributed by atoms with Gasteiger partial charge in [0, 0.05) is 49.5 Å². The Morgan fingerprint density at radius 3 is 2.45 bits per heavy atom. The van der Waals surface area contributed by atoms with Crippen LogP contribution in [0.15, 0.2) is 35.3 Å². The highest BCUT2D eigenvalue weighted by molar-refractivity contribution is 14.0. The first kappa shape index (κ1) is 26.7. The summed E-state index contributed by atoms with van der Waals surface area (Å²) in [5, 5.41) is 11.3. The van der Waals surface area contributed by atoms with Gasteiger partial charge in [-0.25, -0.2) is 0 Å². The molecule has 1 aromatic rings. The number of aliphatic imine (C=N–C) groups is 1. The van der Waals surface area contributed by atoms with Crippen molar-refractivity contribution < 1.29 is 4.74 Å². The maximum absolute atomic E-state index is 5.72. The van der Waals surface area contributed by atoms with Crippen LogP contribution in [0.25, 0.3) is 0 Å². The van der Waals surface area contributed by atoms with E-state index in [4.69, 9.17) is 9.73 Å². The molecule has 0 radical (unpaired) electrons. The van der Waals surface area contributed by atoms with Crippen LogP contribution in [0.2, 0.25) is 0 Å². The van der Waals surface area contributed by atoms with E-state index in [0.29, 0.717) is 6.04 Å². The third-order valence-corrected chi connectivity index (χ3v) is 7.84. The quantitative estimate of drug-likeness (QED) is 0.263. The van der Waals surface area contributed by atoms with Crippen LogP contribution in [0.1, 0.15) is 70.4 Å². The zero-order chi connectivity index (χ0) is 22.4. The first-order valence-corrected chi connectivity index (χ1v) is 12.8. The van der Waals surface area contributed by atoms with Crippen molar-refractivity contribution in [3.05, 3.63) is 35.9 Å².